The molecule has 0 bridgehead atoms. The molecule has 21 heavy (non-hydrogen) atoms. The Hall–Kier alpha value is -0.910. The van der Waals surface area contributed by atoms with Crippen LogP contribution in [0.25, 0.3) is 0 Å². The molecule has 1 N–H and O–H groups in total. The van der Waals surface area contributed by atoms with Crippen LogP contribution in [0.5, 0.6) is 0 Å². The molecule has 4 nitrogen and oxygen atoms in total. The van der Waals surface area contributed by atoms with Gasteiger partial charge in [0.2, 0.25) is 5.91 Å². The minimum atomic E-state index is -0.463. The molecule has 0 saturated carbocycles. The first-order valence-corrected chi connectivity index (χ1v) is 8.44. The number of hydrogen-bond acceptors (Lipinski definition) is 4. The first-order valence-electron chi connectivity index (χ1n) is 7.49. The van der Waals surface area contributed by atoms with E-state index in [-0.39, 0.29) is 17.6 Å². The van der Waals surface area contributed by atoms with Crippen molar-refractivity contribution in [2.24, 2.45) is 0 Å². The highest BCUT2D eigenvalue weighted by molar-refractivity contribution is 7.07. The molecule has 0 radical (unpaired) electrons. The number of thiophene rings is 1. The zero-order valence-corrected chi connectivity index (χ0v) is 14.8. The molecule has 0 spiro atoms. The Balaban J connectivity index is 2.32. The number of rotatable bonds is 5. The lowest BCUT2D eigenvalue weighted by atomic mass is 9.98. The van der Waals surface area contributed by atoms with Gasteiger partial charge in [0.05, 0.1) is 5.54 Å². The van der Waals surface area contributed by atoms with E-state index in [1.165, 1.54) is 5.56 Å². The third kappa shape index (κ3) is 3.00. The molecule has 0 aromatic carbocycles. The first-order chi connectivity index (χ1) is 9.71. The van der Waals surface area contributed by atoms with Gasteiger partial charge >= 0.3 is 0 Å². The van der Waals surface area contributed by atoms with Crippen molar-refractivity contribution < 1.29 is 4.79 Å². The summed E-state index contributed by atoms with van der Waals surface area (Å²) in [5.41, 5.74) is 0.652. The summed E-state index contributed by atoms with van der Waals surface area (Å²) < 4.78 is 0. The maximum Gasteiger partial charge on any atom is 0.244 e. The fourth-order valence-corrected chi connectivity index (χ4v) is 3.22. The van der Waals surface area contributed by atoms with Crippen molar-refractivity contribution in [2.75, 3.05) is 20.6 Å². The Kier molecular flexibility index (Phi) is 4.47. The van der Waals surface area contributed by atoms with Crippen LogP contribution in [-0.2, 0) is 4.79 Å². The number of carbonyl (C=O) groups is 1. The van der Waals surface area contributed by atoms with Crippen LogP contribution in [-0.4, -0.2) is 47.4 Å². The van der Waals surface area contributed by atoms with Crippen molar-refractivity contribution in [3.05, 3.63) is 22.4 Å². The number of carbonyl (C=O) groups excluding carboxylic acids is 1. The standard InChI is InChI=1S/C16H27N3OS/c1-7-16(4)14(20)19(11-15(2,3)18(5)6)13(17-16)12-8-9-21-10-12/h8-10,13,17H,7,11H2,1-6H3. The zero-order valence-electron chi connectivity index (χ0n) is 13.9. The molecule has 1 amide bonds. The second-order valence-electron chi connectivity index (χ2n) is 6.93. The van der Waals surface area contributed by atoms with Crippen LogP contribution in [0.15, 0.2) is 16.8 Å². The van der Waals surface area contributed by atoms with Gasteiger partial charge in [0, 0.05) is 12.1 Å². The van der Waals surface area contributed by atoms with Crippen molar-refractivity contribution in [2.45, 2.75) is 51.4 Å². The molecule has 1 saturated heterocycles. The van der Waals surface area contributed by atoms with Gasteiger partial charge in [0.15, 0.2) is 0 Å². The second-order valence-corrected chi connectivity index (χ2v) is 7.71. The fraction of sp³-hybridized carbons (Fsp3) is 0.688. The third-order valence-corrected chi connectivity index (χ3v) is 5.54. The van der Waals surface area contributed by atoms with Crippen LogP contribution in [0.3, 0.4) is 0 Å². The largest absolute Gasteiger partial charge is 0.319 e. The van der Waals surface area contributed by atoms with Crippen LogP contribution in [0.4, 0.5) is 0 Å². The summed E-state index contributed by atoms with van der Waals surface area (Å²) in [7, 11) is 4.12. The maximum absolute atomic E-state index is 12.9. The predicted octanol–water partition coefficient (Wildman–Crippen LogP) is 2.69. The summed E-state index contributed by atoms with van der Waals surface area (Å²) in [6.07, 6.45) is 0.777. The second kappa shape index (κ2) is 5.71. The maximum atomic E-state index is 12.9. The summed E-state index contributed by atoms with van der Waals surface area (Å²) in [6.45, 7) is 9.13. The van der Waals surface area contributed by atoms with Crippen LogP contribution in [0.1, 0.15) is 45.8 Å². The van der Waals surface area contributed by atoms with Gasteiger partial charge in [0.25, 0.3) is 0 Å². The number of nitrogens with one attached hydrogen (secondary N) is 1. The van der Waals surface area contributed by atoms with E-state index >= 15 is 0 Å². The normalized spacial score (nSPS) is 26.9. The fourth-order valence-electron chi connectivity index (χ4n) is 2.54. The molecule has 0 aliphatic carbocycles. The number of nitrogens with zero attached hydrogens (tertiary/aromatic N) is 2. The van der Waals surface area contributed by atoms with Crippen LogP contribution in [0.2, 0.25) is 0 Å². The first kappa shape index (κ1) is 16.5. The quantitative estimate of drug-likeness (QED) is 0.908. The summed E-state index contributed by atoms with van der Waals surface area (Å²) >= 11 is 1.67. The van der Waals surface area contributed by atoms with Gasteiger partial charge in [-0.3, -0.25) is 10.1 Å². The summed E-state index contributed by atoms with van der Waals surface area (Å²) in [5, 5.41) is 7.74. The smallest absolute Gasteiger partial charge is 0.244 e. The lowest BCUT2D eigenvalue weighted by molar-refractivity contribution is -0.134. The highest BCUT2D eigenvalue weighted by Gasteiger charge is 2.48. The molecule has 2 heterocycles. The zero-order chi connectivity index (χ0) is 15.8. The van der Waals surface area contributed by atoms with Crippen LogP contribution in [0, 0.1) is 0 Å². The van der Waals surface area contributed by atoms with Gasteiger partial charge in [-0.1, -0.05) is 6.92 Å². The molecule has 118 valence electrons. The number of likely N-dealkylation sites (N-methyl/N-ethyl adjacent to an activating group) is 1. The van der Waals surface area contributed by atoms with E-state index in [1.807, 2.05) is 11.8 Å². The van der Waals surface area contributed by atoms with Gasteiger partial charge in [-0.15, -0.1) is 0 Å². The average Bonchev–Trinajstić information content (AvgIpc) is 3.01. The minimum absolute atomic E-state index is 0.0204. The minimum Gasteiger partial charge on any atom is -0.319 e. The van der Waals surface area contributed by atoms with Gasteiger partial charge in [0.1, 0.15) is 6.17 Å². The van der Waals surface area contributed by atoms with Crippen molar-refractivity contribution in [3.8, 4) is 0 Å². The van der Waals surface area contributed by atoms with Crippen molar-refractivity contribution in [1.29, 1.82) is 0 Å². The molecular formula is C16H27N3OS. The van der Waals surface area contributed by atoms with E-state index in [9.17, 15) is 4.79 Å². The van der Waals surface area contributed by atoms with Crippen LogP contribution >= 0.6 is 11.3 Å². The molecule has 1 aromatic heterocycles. The Morgan fingerprint density at radius 1 is 1.48 bits per heavy atom. The van der Waals surface area contributed by atoms with Gasteiger partial charge in [-0.05, 0) is 63.7 Å². The van der Waals surface area contributed by atoms with E-state index in [4.69, 9.17) is 0 Å². The molecular weight excluding hydrogens is 282 g/mol. The Morgan fingerprint density at radius 3 is 2.62 bits per heavy atom. The summed E-state index contributed by atoms with van der Waals surface area (Å²) in [6, 6.07) is 2.10. The monoisotopic (exact) mass is 309 g/mol. The lowest BCUT2D eigenvalue weighted by Crippen LogP contribution is -2.50. The average molecular weight is 309 g/mol. The van der Waals surface area contributed by atoms with Crippen molar-refractivity contribution in [3.63, 3.8) is 0 Å². The highest BCUT2D eigenvalue weighted by Crippen LogP contribution is 2.35. The Labute approximate surface area is 132 Å². The predicted molar refractivity (Wildman–Crippen MR) is 88.4 cm³/mol. The van der Waals surface area contributed by atoms with Crippen molar-refractivity contribution in [1.82, 2.24) is 15.1 Å². The van der Waals surface area contributed by atoms with Gasteiger partial charge < -0.3 is 9.80 Å². The highest BCUT2D eigenvalue weighted by atomic mass is 32.1. The molecule has 2 rings (SSSR count). The molecule has 1 fully saturated rings. The molecule has 2 unspecified atom stereocenters. The Bertz CT molecular complexity index is 498. The van der Waals surface area contributed by atoms with E-state index in [2.05, 4.69) is 61.9 Å². The molecule has 5 heteroatoms. The summed E-state index contributed by atoms with van der Waals surface area (Å²) in [4.78, 5) is 17.1. The lowest BCUT2D eigenvalue weighted by Gasteiger charge is -2.38. The number of hydrogen-bond donors (Lipinski definition) is 1. The molecule has 1 aliphatic heterocycles. The van der Waals surface area contributed by atoms with E-state index < -0.39 is 5.54 Å². The Morgan fingerprint density at radius 2 is 2.14 bits per heavy atom. The van der Waals surface area contributed by atoms with E-state index in [0.717, 1.165) is 6.42 Å². The van der Waals surface area contributed by atoms with E-state index in [1.54, 1.807) is 11.3 Å². The van der Waals surface area contributed by atoms with Crippen molar-refractivity contribution >= 4 is 17.2 Å². The van der Waals surface area contributed by atoms with Gasteiger partial charge in [-0.2, -0.15) is 11.3 Å². The molecule has 1 aromatic rings. The molecule has 2 atom stereocenters. The topological polar surface area (TPSA) is 35.6 Å². The van der Waals surface area contributed by atoms with E-state index in [0.29, 0.717) is 6.54 Å². The molecule has 1 aliphatic rings. The van der Waals surface area contributed by atoms with Gasteiger partial charge in [-0.25, -0.2) is 0 Å². The SMILES string of the molecule is CCC1(C)NC(c2ccsc2)N(CC(C)(C)N(C)C)C1=O. The number of amides is 1. The summed E-state index contributed by atoms with van der Waals surface area (Å²) in [5.74, 6) is 0.205. The van der Waals surface area contributed by atoms with Crippen LogP contribution < -0.4 is 5.32 Å². The third-order valence-electron chi connectivity index (χ3n) is 4.83.